The van der Waals surface area contributed by atoms with Crippen LogP contribution in [-0.4, -0.2) is 26.9 Å². The number of aromatic nitrogens is 2. The highest BCUT2D eigenvalue weighted by Crippen LogP contribution is 2.45. The van der Waals surface area contributed by atoms with Gasteiger partial charge in [0.05, 0.1) is 31.2 Å². The number of rotatable bonds is 3. The van der Waals surface area contributed by atoms with E-state index in [1.807, 2.05) is 13.8 Å². The lowest BCUT2D eigenvalue weighted by Crippen LogP contribution is -2.29. The highest BCUT2D eigenvalue weighted by Gasteiger charge is 2.42. The Balaban J connectivity index is 2.01. The number of carbonyl (C=O) groups is 2. The first kappa shape index (κ1) is 17.5. The Morgan fingerprint density at radius 2 is 1.46 bits per heavy atom. The smallest absolute Gasteiger partial charge is 0.263 e. The topological polar surface area (TPSA) is 76.3 Å². The van der Waals surface area contributed by atoms with E-state index in [1.54, 1.807) is 0 Å². The summed E-state index contributed by atoms with van der Waals surface area (Å²) in [6.07, 6.45) is 0. The van der Waals surface area contributed by atoms with E-state index < -0.39 is 11.8 Å². The van der Waals surface area contributed by atoms with Gasteiger partial charge in [-0.15, -0.1) is 0 Å². The lowest BCUT2D eigenvalue weighted by atomic mass is 10.1. The molecule has 10 heteroatoms. The van der Waals surface area contributed by atoms with Crippen LogP contribution >= 0.6 is 46.4 Å². The Morgan fingerprint density at radius 1 is 0.958 bits per heavy atom. The Labute approximate surface area is 156 Å². The second-order valence-electron chi connectivity index (χ2n) is 5.40. The predicted octanol–water partition coefficient (Wildman–Crippen LogP) is 4.60. The molecule has 0 saturated heterocycles. The highest BCUT2D eigenvalue weighted by molar-refractivity contribution is 6.55. The van der Waals surface area contributed by atoms with E-state index in [9.17, 15) is 9.59 Å². The molecule has 0 aliphatic carbocycles. The molecule has 2 amide bonds. The molecule has 0 saturated carbocycles. The predicted molar refractivity (Wildman–Crippen MR) is 89.1 cm³/mol. The number of fused-ring (bicyclic) bond motifs is 1. The second-order valence-corrected chi connectivity index (χ2v) is 6.92. The molecule has 1 aliphatic heterocycles. The van der Waals surface area contributed by atoms with Crippen LogP contribution < -0.4 is 0 Å². The van der Waals surface area contributed by atoms with E-state index in [1.165, 1.54) is 0 Å². The molecule has 1 aromatic carbocycles. The first-order chi connectivity index (χ1) is 11.2. The van der Waals surface area contributed by atoms with Crippen LogP contribution in [0.15, 0.2) is 4.52 Å². The average Bonchev–Trinajstić information content (AvgIpc) is 3.09. The second kappa shape index (κ2) is 6.19. The lowest BCUT2D eigenvalue weighted by molar-refractivity contribution is 0.0625. The molecule has 0 spiro atoms. The van der Waals surface area contributed by atoms with E-state index in [4.69, 9.17) is 50.9 Å². The molecule has 6 nitrogen and oxygen atoms in total. The fourth-order valence-electron chi connectivity index (χ4n) is 2.24. The number of amides is 2. The fraction of sp³-hybridized carbons (Fsp3) is 0.286. The van der Waals surface area contributed by atoms with Gasteiger partial charge in [0.25, 0.3) is 11.8 Å². The van der Waals surface area contributed by atoms with Gasteiger partial charge >= 0.3 is 0 Å². The van der Waals surface area contributed by atoms with Gasteiger partial charge < -0.3 is 4.52 Å². The van der Waals surface area contributed by atoms with Gasteiger partial charge in [-0.3, -0.25) is 14.5 Å². The van der Waals surface area contributed by atoms with Crippen LogP contribution in [-0.2, 0) is 6.54 Å². The van der Waals surface area contributed by atoms with Gasteiger partial charge in [-0.2, -0.15) is 4.98 Å². The first-order valence-electron chi connectivity index (χ1n) is 6.78. The fourth-order valence-corrected chi connectivity index (χ4v) is 3.26. The number of hydrogen-bond acceptors (Lipinski definition) is 5. The van der Waals surface area contributed by atoms with E-state index in [0.29, 0.717) is 5.82 Å². The van der Waals surface area contributed by atoms with Crippen molar-refractivity contribution in [3.8, 4) is 0 Å². The van der Waals surface area contributed by atoms with Crippen molar-refractivity contribution in [2.45, 2.75) is 26.3 Å². The van der Waals surface area contributed by atoms with Crippen LogP contribution in [0.5, 0.6) is 0 Å². The summed E-state index contributed by atoms with van der Waals surface area (Å²) < 4.78 is 5.07. The van der Waals surface area contributed by atoms with E-state index in [-0.39, 0.29) is 49.6 Å². The van der Waals surface area contributed by atoms with Crippen LogP contribution in [0.3, 0.4) is 0 Å². The largest absolute Gasteiger partial charge is 0.337 e. The average molecular weight is 409 g/mol. The van der Waals surface area contributed by atoms with Gasteiger partial charge in [0.2, 0.25) is 5.89 Å². The summed E-state index contributed by atoms with van der Waals surface area (Å²) in [6.45, 7) is 3.58. The van der Waals surface area contributed by atoms with Crippen molar-refractivity contribution in [2.75, 3.05) is 0 Å². The van der Waals surface area contributed by atoms with Gasteiger partial charge in [-0.05, 0) is 0 Å². The number of imide groups is 1. The van der Waals surface area contributed by atoms with Crippen LogP contribution in [0.4, 0.5) is 0 Å². The van der Waals surface area contributed by atoms with E-state index in [0.717, 1.165) is 4.90 Å². The van der Waals surface area contributed by atoms with Crippen molar-refractivity contribution in [1.82, 2.24) is 15.0 Å². The first-order valence-corrected chi connectivity index (χ1v) is 8.29. The molecule has 0 fully saturated rings. The maximum absolute atomic E-state index is 12.6. The summed E-state index contributed by atoms with van der Waals surface area (Å²) in [6, 6.07) is 0. The van der Waals surface area contributed by atoms with Crippen molar-refractivity contribution < 1.29 is 14.1 Å². The molecule has 2 aromatic rings. The minimum atomic E-state index is -0.648. The molecule has 0 N–H and O–H groups in total. The van der Waals surface area contributed by atoms with Gasteiger partial charge in [0, 0.05) is 5.92 Å². The minimum Gasteiger partial charge on any atom is -0.337 e. The number of hydrogen-bond donors (Lipinski definition) is 0. The maximum atomic E-state index is 12.6. The van der Waals surface area contributed by atoms with Crippen molar-refractivity contribution >= 4 is 58.2 Å². The summed E-state index contributed by atoms with van der Waals surface area (Å²) in [4.78, 5) is 30.2. The quantitative estimate of drug-likeness (QED) is 0.421. The zero-order chi connectivity index (χ0) is 17.8. The Kier molecular flexibility index (Phi) is 4.51. The van der Waals surface area contributed by atoms with E-state index in [2.05, 4.69) is 10.1 Å². The Morgan fingerprint density at radius 3 is 1.88 bits per heavy atom. The van der Waals surface area contributed by atoms with Crippen LogP contribution in [0.25, 0.3) is 0 Å². The molecule has 3 rings (SSSR count). The maximum Gasteiger partial charge on any atom is 0.263 e. The molecule has 1 aromatic heterocycles. The van der Waals surface area contributed by atoms with Gasteiger partial charge in [0.15, 0.2) is 5.82 Å². The van der Waals surface area contributed by atoms with Crippen molar-refractivity contribution in [3.05, 3.63) is 42.9 Å². The molecular formula is C14H9Cl4N3O3. The standard InChI is InChI=1S/C14H9Cl4N3O3/c1-4(2)12-19-5(24-20-12)3-21-13(22)6-7(14(21)23)9(16)11(18)10(17)8(6)15/h4H,3H2,1-2H3. The molecule has 24 heavy (non-hydrogen) atoms. The third kappa shape index (κ3) is 2.58. The summed E-state index contributed by atoms with van der Waals surface area (Å²) in [7, 11) is 0. The Bertz CT molecular complexity index is 832. The van der Waals surface area contributed by atoms with Crippen LogP contribution in [0, 0.1) is 0 Å². The molecule has 126 valence electrons. The summed E-state index contributed by atoms with van der Waals surface area (Å²) in [5.74, 6) is -0.651. The molecule has 0 unspecified atom stereocenters. The monoisotopic (exact) mass is 407 g/mol. The Hall–Kier alpha value is -1.34. The van der Waals surface area contributed by atoms with Gasteiger partial charge in [0.1, 0.15) is 6.54 Å². The number of halogens is 4. The third-order valence-electron chi connectivity index (χ3n) is 3.48. The van der Waals surface area contributed by atoms with Crippen molar-refractivity contribution in [1.29, 1.82) is 0 Å². The molecule has 0 bridgehead atoms. The van der Waals surface area contributed by atoms with Crippen molar-refractivity contribution in [3.63, 3.8) is 0 Å². The highest BCUT2D eigenvalue weighted by atomic mass is 35.5. The summed E-state index contributed by atoms with van der Waals surface area (Å²) in [5.41, 5.74) is -0.158. The molecule has 1 aliphatic rings. The zero-order valence-corrected chi connectivity index (χ0v) is 15.4. The summed E-state index contributed by atoms with van der Waals surface area (Å²) in [5, 5.41) is 3.40. The minimum absolute atomic E-state index is 0.0474. The lowest BCUT2D eigenvalue weighted by Gasteiger charge is -2.10. The SMILES string of the molecule is CC(C)c1noc(CN2C(=O)c3c(Cl)c(Cl)c(Cl)c(Cl)c3C2=O)n1. The van der Waals surface area contributed by atoms with Crippen LogP contribution in [0.2, 0.25) is 20.1 Å². The third-order valence-corrected chi connectivity index (χ3v) is 5.28. The number of benzene rings is 1. The molecule has 2 heterocycles. The number of nitrogens with zero attached hydrogens (tertiary/aromatic N) is 3. The molecular weight excluding hydrogens is 400 g/mol. The van der Waals surface area contributed by atoms with Gasteiger partial charge in [-0.25, -0.2) is 0 Å². The summed E-state index contributed by atoms with van der Waals surface area (Å²) >= 11 is 24.0. The normalized spacial score (nSPS) is 14.0. The van der Waals surface area contributed by atoms with Crippen molar-refractivity contribution in [2.24, 2.45) is 0 Å². The molecule has 0 atom stereocenters. The van der Waals surface area contributed by atoms with Crippen LogP contribution in [0.1, 0.15) is 52.2 Å². The van der Waals surface area contributed by atoms with E-state index >= 15 is 0 Å². The zero-order valence-electron chi connectivity index (χ0n) is 12.4. The number of carbonyl (C=O) groups excluding carboxylic acids is 2. The van der Waals surface area contributed by atoms with Gasteiger partial charge in [-0.1, -0.05) is 65.4 Å². The molecule has 0 radical (unpaired) electrons.